The molecule has 2 atom stereocenters. The second-order valence-electron chi connectivity index (χ2n) is 11.7. The van der Waals surface area contributed by atoms with Crippen molar-refractivity contribution in [2.75, 3.05) is 0 Å². The number of hydrogen-bond donors (Lipinski definition) is 3. The molecule has 0 aliphatic heterocycles. The summed E-state index contributed by atoms with van der Waals surface area (Å²) >= 11 is 0. The molecule has 0 spiro atoms. The number of phenolic OH excluding ortho intramolecular Hbond substituents is 1. The number of aromatic hydroxyl groups is 1. The van der Waals surface area contributed by atoms with E-state index in [2.05, 4.69) is 0 Å². The molecule has 1 aliphatic carbocycles. The highest BCUT2D eigenvalue weighted by atomic mass is 31.0. The Morgan fingerprint density at radius 3 is 2.03 bits per heavy atom. The number of aliphatic carboxylic acids is 1. The SMILES string of the molecule is CC(C)(C)c1cc(CC2(O)c3pcccc3-c3ccccc3C2C(=O)C(=O)O)cc(C(C)(C)C)c1O. The lowest BCUT2D eigenvalue weighted by Crippen LogP contribution is -2.44. The molecule has 6 heteroatoms. The van der Waals surface area contributed by atoms with Crippen molar-refractivity contribution in [2.24, 2.45) is 0 Å². The van der Waals surface area contributed by atoms with Gasteiger partial charge >= 0.3 is 5.97 Å². The fourth-order valence-corrected chi connectivity index (χ4v) is 6.36. The van der Waals surface area contributed by atoms with Crippen molar-refractivity contribution in [1.82, 2.24) is 0 Å². The van der Waals surface area contributed by atoms with E-state index in [0.717, 1.165) is 27.8 Å². The quantitative estimate of drug-likeness (QED) is 0.357. The van der Waals surface area contributed by atoms with E-state index in [1.807, 2.05) is 83.7 Å². The van der Waals surface area contributed by atoms with Crippen LogP contribution in [0.4, 0.5) is 0 Å². The molecule has 0 amide bonds. The van der Waals surface area contributed by atoms with Gasteiger partial charge in [0.2, 0.25) is 0 Å². The Bertz CT molecular complexity index is 1330. The molecule has 0 fully saturated rings. The molecule has 1 aliphatic rings. The van der Waals surface area contributed by atoms with Crippen LogP contribution in [0.5, 0.6) is 5.75 Å². The maximum Gasteiger partial charge on any atom is 0.372 e. The molecule has 36 heavy (non-hydrogen) atoms. The number of phenols is 1. The fourth-order valence-electron chi connectivity index (χ4n) is 5.27. The van der Waals surface area contributed by atoms with E-state index in [-0.39, 0.29) is 23.0 Å². The van der Waals surface area contributed by atoms with E-state index in [1.54, 1.807) is 12.1 Å². The molecule has 2 unspecified atom stereocenters. The second-order valence-corrected chi connectivity index (χ2v) is 12.7. The molecule has 188 valence electrons. The summed E-state index contributed by atoms with van der Waals surface area (Å²) in [5.74, 6) is -1.75. The molecule has 0 bridgehead atoms. The summed E-state index contributed by atoms with van der Waals surface area (Å²) in [6.07, 6.45) is 0.0327. The number of fused-ring (bicyclic) bond motifs is 3. The molecule has 4 rings (SSSR count). The molecule has 1 aromatic heterocycles. The van der Waals surface area contributed by atoms with Gasteiger partial charge in [0.15, 0.2) is 0 Å². The van der Waals surface area contributed by atoms with Crippen LogP contribution in [-0.2, 0) is 32.4 Å². The van der Waals surface area contributed by atoms with Crippen LogP contribution < -0.4 is 0 Å². The van der Waals surface area contributed by atoms with Crippen molar-refractivity contribution in [2.45, 2.75) is 70.3 Å². The Kier molecular flexibility index (Phi) is 6.39. The van der Waals surface area contributed by atoms with Gasteiger partial charge in [-0.05, 0) is 50.0 Å². The first-order valence-electron chi connectivity index (χ1n) is 12.1. The summed E-state index contributed by atoms with van der Waals surface area (Å²) in [5.41, 5.74) is 1.82. The number of hydrogen-bond acceptors (Lipinski definition) is 4. The van der Waals surface area contributed by atoms with E-state index in [4.69, 9.17) is 0 Å². The minimum Gasteiger partial charge on any atom is -0.507 e. The lowest BCUT2D eigenvalue weighted by atomic mass is 9.67. The largest absolute Gasteiger partial charge is 0.507 e. The van der Waals surface area contributed by atoms with Gasteiger partial charge < -0.3 is 15.3 Å². The smallest absolute Gasteiger partial charge is 0.372 e. The van der Waals surface area contributed by atoms with Crippen molar-refractivity contribution < 1.29 is 24.9 Å². The van der Waals surface area contributed by atoms with Crippen LogP contribution in [0.25, 0.3) is 11.1 Å². The first kappa shape index (κ1) is 26.1. The summed E-state index contributed by atoms with van der Waals surface area (Å²) < 4.78 is 0. The normalized spacial score (nSPS) is 19.6. The van der Waals surface area contributed by atoms with Crippen molar-refractivity contribution in [3.05, 3.63) is 81.9 Å². The number of benzene rings is 2. The van der Waals surface area contributed by atoms with Crippen LogP contribution >= 0.6 is 8.19 Å². The summed E-state index contributed by atoms with van der Waals surface area (Å²) in [6, 6.07) is 14.8. The zero-order valence-corrected chi connectivity index (χ0v) is 22.5. The van der Waals surface area contributed by atoms with E-state index in [1.165, 1.54) is 0 Å². The van der Waals surface area contributed by atoms with Crippen LogP contribution in [-0.4, -0.2) is 27.1 Å². The van der Waals surface area contributed by atoms with Gasteiger partial charge in [0.05, 0.1) is 5.92 Å². The molecule has 0 radical (unpaired) electrons. The predicted molar refractivity (Wildman–Crippen MR) is 143 cm³/mol. The average Bonchev–Trinajstić information content (AvgIpc) is 2.78. The molecular formula is C30H33O5P. The van der Waals surface area contributed by atoms with E-state index >= 15 is 0 Å². The molecule has 2 aromatic carbocycles. The van der Waals surface area contributed by atoms with Crippen LogP contribution in [0.15, 0.2) is 54.3 Å². The Hall–Kier alpha value is -3.01. The van der Waals surface area contributed by atoms with Gasteiger partial charge in [-0.25, -0.2) is 4.79 Å². The van der Waals surface area contributed by atoms with Gasteiger partial charge in [0, 0.05) is 11.7 Å². The van der Waals surface area contributed by atoms with Gasteiger partial charge in [-0.15, -0.1) is 0 Å². The van der Waals surface area contributed by atoms with Crippen molar-refractivity contribution >= 4 is 19.9 Å². The zero-order chi connectivity index (χ0) is 26.6. The van der Waals surface area contributed by atoms with Crippen LogP contribution in [0.3, 0.4) is 0 Å². The number of carbonyl (C=O) groups is 2. The van der Waals surface area contributed by atoms with Crippen molar-refractivity contribution in [3.8, 4) is 16.9 Å². The zero-order valence-electron chi connectivity index (χ0n) is 21.6. The molecule has 0 saturated heterocycles. The van der Waals surface area contributed by atoms with Crippen molar-refractivity contribution in [3.63, 3.8) is 0 Å². The lowest BCUT2D eigenvalue weighted by molar-refractivity contribution is -0.153. The van der Waals surface area contributed by atoms with Gasteiger partial charge in [-0.1, -0.05) is 98.3 Å². The Labute approximate surface area is 213 Å². The first-order chi connectivity index (χ1) is 16.7. The fraction of sp³-hybridized carbons (Fsp3) is 0.367. The minimum absolute atomic E-state index is 0.0327. The number of rotatable bonds is 4. The summed E-state index contributed by atoms with van der Waals surface area (Å²) in [5, 5.41) is 34.0. The Morgan fingerprint density at radius 1 is 0.917 bits per heavy atom. The van der Waals surface area contributed by atoms with Crippen molar-refractivity contribution in [1.29, 1.82) is 0 Å². The van der Waals surface area contributed by atoms with Gasteiger partial charge in [-0.2, -0.15) is 0 Å². The van der Waals surface area contributed by atoms with Crippen LogP contribution in [0, 0.1) is 0 Å². The molecule has 0 saturated carbocycles. The molecular weight excluding hydrogens is 471 g/mol. The summed E-state index contributed by atoms with van der Waals surface area (Å²) in [4.78, 5) is 25.2. The van der Waals surface area contributed by atoms with Crippen LogP contribution in [0.2, 0.25) is 0 Å². The Balaban J connectivity index is 2.00. The van der Waals surface area contributed by atoms with Crippen LogP contribution in [0.1, 0.15) is 75.0 Å². The second kappa shape index (κ2) is 8.83. The standard InChI is InChI=1S/C30H33O5P/c1-28(2,3)21-14-17(15-22(24(21)31)29(4,5)6)16-30(35)23(25(32)27(33)34)19-11-8-7-10-18(19)20-12-9-13-36-26(20)30/h7-15,23,31,35H,16H2,1-6H3,(H,33,34). The third-order valence-corrected chi connectivity index (χ3v) is 8.20. The highest BCUT2D eigenvalue weighted by molar-refractivity contribution is 7.30. The minimum atomic E-state index is -1.76. The lowest BCUT2D eigenvalue weighted by Gasteiger charge is -2.41. The average molecular weight is 505 g/mol. The monoisotopic (exact) mass is 504 g/mol. The number of carboxylic acid groups (broad SMARTS) is 1. The molecule has 1 heterocycles. The number of ketones is 1. The molecule has 3 N–H and O–H groups in total. The Morgan fingerprint density at radius 2 is 1.47 bits per heavy atom. The third-order valence-electron chi connectivity index (χ3n) is 6.99. The van der Waals surface area contributed by atoms with Gasteiger partial charge in [0.1, 0.15) is 11.4 Å². The number of Topliss-reactive ketones (excluding diaryl/α,β-unsaturated/α-hetero) is 1. The number of carboxylic acids is 1. The topological polar surface area (TPSA) is 94.8 Å². The van der Waals surface area contributed by atoms with Gasteiger partial charge in [-0.3, -0.25) is 4.79 Å². The van der Waals surface area contributed by atoms with Gasteiger partial charge in [0.25, 0.3) is 5.78 Å². The summed E-state index contributed by atoms with van der Waals surface area (Å²) in [7, 11) is 0.714. The highest BCUT2D eigenvalue weighted by Gasteiger charge is 2.51. The molecule has 3 aromatic rings. The first-order valence-corrected chi connectivity index (χ1v) is 13.0. The third kappa shape index (κ3) is 4.36. The van der Waals surface area contributed by atoms with E-state index in [9.17, 15) is 24.9 Å². The summed E-state index contributed by atoms with van der Waals surface area (Å²) in [6.45, 7) is 12.1. The van der Waals surface area contributed by atoms with E-state index in [0.29, 0.717) is 19.1 Å². The maximum atomic E-state index is 13.2. The predicted octanol–water partition coefficient (Wildman–Crippen LogP) is 6.42. The molecule has 5 nitrogen and oxygen atoms in total. The number of carbonyl (C=O) groups excluding carboxylic acids is 1. The highest BCUT2D eigenvalue weighted by Crippen LogP contribution is 2.54. The maximum absolute atomic E-state index is 13.2. The van der Waals surface area contributed by atoms with E-state index < -0.39 is 23.3 Å². The number of aliphatic hydroxyl groups is 1.